The van der Waals surface area contributed by atoms with Crippen LogP contribution in [-0.2, 0) is 14.3 Å². The van der Waals surface area contributed by atoms with E-state index in [1.165, 1.54) is 19.6 Å². The van der Waals surface area contributed by atoms with E-state index in [2.05, 4.69) is 41.2 Å². The predicted octanol–water partition coefficient (Wildman–Crippen LogP) is 2.84. The van der Waals surface area contributed by atoms with Crippen molar-refractivity contribution in [2.75, 3.05) is 11.9 Å². The predicted molar refractivity (Wildman–Crippen MR) is 105 cm³/mol. The van der Waals surface area contributed by atoms with Crippen molar-refractivity contribution < 1.29 is 19.1 Å². The van der Waals surface area contributed by atoms with Crippen molar-refractivity contribution in [1.82, 2.24) is 19.9 Å². The number of aromatic nitrogens is 4. The number of ether oxygens (including phenoxy) is 2. The van der Waals surface area contributed by atoms with E-state index in [-0.39, 0.29) is 12.2 Å². The Morgan fingerprint density at radius 2 is 2.14 bits per heavy atom. The van der Waals surface area contributed by atoms with Crippen molar-refractivity contribution in [1.29, 1.82) is 0 Å². The molecule has 1 atom stereocenters. The third kappa shape index (κ3) is 5.26. The molecule has 3 aromatic rings. The number of esters is 1. The molecule has 28 heavy (non-hydrogen) atoms. The minimum absolute atomic E-state index is 0.143. The first-order valence-corrected chi connectivity index (χ1v) is 9.35. The lowest BCUT2D eigenvalue weighted by atomic mass is 10.3. The van der Waals surface area contributed by atoms with Crippen molar-refractivity contribution in [3.05, 3.63) is 41.4 Å². The van der Waals surface area contributed by atoms with Crippen molar-refractivity contribution in [3.63, 3.8) is 0 Å². The van der Waals surface area contributed by atoms with Crippen LogP contribution in [-0.4, -0.2) is 44.5 Å². The van der Waals surface area contributed by atoms with E-state index in [9.17, 15) is 9.59 Å². The van der Waals surface area contributed by atoms with Crippen LogP contribution in [0.2, 0.25) is 0 Å². The molecule has 2 heterocycles. The number of rotatable bonds is 8. The number of aromatic amines is 1. The number of fused-ring (bicyclic) bond motifs is 1. The van der Waals surface area contributed by atoms with E-state index in [4.69, 9.17) is 9.47 Å². The van der Waals surface area contributed by atoms with Crippen LogP contribution >= 0.6 is 15.9 Å². The van der Waals surface area contributed by atoms with Gasteiger partial charge >= 0.3 is 5.97 Å². The van der Waals surface area contributed by atoms with Crippen LogP contribution in [0.3, 0.4) is 0 Å². The molecule has 0 saturated carbocycles. The zero-order valence-corrected chi connectivity index (χ0v) is 16.6. The lowest BCUT2D eigenvalue weighted by Gasteiger charge is -2.13. The first-order valence-electron chi connectivity index (χ1n) is 8.55. The van der Waals surface area contributed by atoms with Gasteiger partial charge in [-0.2, -0.15) is 0 Å². The van der Waals surface area contributed by atoms with Crippen LogP contribution < -0.4 is 10.1 Å². The minimum Gasteiger partial charge on any atom is -0.494 e. The molecular weight excluding hydrogens is 430 g/mol. The van der Waals surface area contributed by atoms with Gasteiger partial charge in [0.15, 0.2) is 17.6 Å². The summed E-state index contributed by atoms with van der Waals surface area (Å²) in [5.41, 5.74) is 0.930. The van der Waals surface area contributed by atoms with Gasteiger partial charge in [-0.05, 0) is 31.5 Å². The molecule has 146 valence electrons. The Hall–Kier alpha value is -3.01. The fourth-order valence-corrected chi connectivity index (χ4v) is 2.73. The number of H-pyrrole nitrogens is 1. The van der Waals surface area contributed by atoms with Gasteiger partial charge in [-0.25, -0.2) is 15.0 Å². The van der Waals surface area contributed by atoms with Gasteiger partial charge in [0.25, 0.3) is 5.91 Å². The van der Waals surface area contributed by atoms with Gasteiger partial charge in [-0.3, -0.25) is 9.59 Å². The number of halogens is 1. The maximum atomic E-state index is 12.2. The lowest BCUT2D eigenvalue weighted by molar-refractivity contribution is -0.153. The summed E-state index contributed by atoms with van der Waals surface area (Å²) in [6, 6.07) is 7.44. The summed E-state index contributed by atoms with van der Waals surface area (Å²) in [5, 5.41) is 2.60. The normalized spacial score (nSPS) is 11.8. The molecule has 10 heteroatoms. The molecule has 2 aromatic heterocycles. The molecule has 0 fully saturated rings. The number of anilines is 1. The molecule has 1 unspecified atom stereocenters. The monoisotopic (exact) mass is 447 g/mol. The minimum atomic E-state index is -0.966. The number of carbonyl (C=O) groups is 2. The van der Waals surface area contributed by atoms with Crippen molar-refractivity contribution in [2.45, 2.75) is 25.9 Å². The zero-order valence-electron chi connectivity index (χ0n) is 15.0. The number of nitrogens with zero attached hydrogens (tertiary/aromatic N) is 3. The summed E-state index contributed by atoms with van der Waals surface area (Å²) in [6.45, 7) is 1.86. The second-order valence-electron chi connectivity index (χ2n) is 5.85. The molecule has 0 radical (unpaired) electrons. The highest BCUT2D eigenvalue weighted by molar-refractivity contribution is 9.10. The van der Waals surface area contributed by atoms with E-state index in [1.807, 2.05) is 24.3 Å². The standard InChI is InChI=1S/C18H18BrN5O4/c1-11(18(26)24-17-15-16(21-9-20-15)22-10-23-17)28-14(25)6-3-7-27-13-5-2-4-12(19)8-13/h2,4-5,8-11H,3,6-7H2,1H3,(H2,20,21,22,23,24,26). The van der Waals surface area contributed by atoms with Gasteiger partial charge in [0, 0.05) is 10.9 Å². The van der Waals surface area contributed by atoms with Gasteiger partial charge in [-0.1, -0.05) is 22.0 Å². The molecule has 2 N–H and O–H groups in total. The summed E-state index contributed by atoms with van der Waals surface area (Å²) in [5.74, 6) is 0.0199. The summed E-state index contributed by atoms with van der Waals surface area (Å²) in [4.78, 5) is 39.0. The van der Waals surface area contributed by atoms with Gasteiger partial charge < -0.3 is 19.8 Å². The van der Waals surface area contributed by atoms with Crippen molar-refractivity contribution >= 4 is 44.8 Å². The molecule has 0 spiro atoms. The Balaban J connectivity index is 1.42. The van der Waals surface area contributed by atoms with Crippen LogP contribution in [0.5, 0.6) is 5.75 Å². The number of amides is 1. The maximum absolute atomic E-state index is 12.2. The van der Waals surface area contributed by atoms with Gasteiger partial charge in [-0.15, -0.1) is 0 Å². The van der Waals surface area contributed by atoms with Gasteiger partial charge in [0.05, 0.1) is 12.9 Å². The highest BCUT2D eigenvalue weighted by Crippen LogP contribution is 2.18. The zero-order chi connectivity index (χ0) is 19.9. The highest BCUT2D eigenvalue weighted by atomic mass is 79.9. The number of hydrogen-bond donors (Lipinski definition) is 2. The Labute approximate surface area is 169 Å². The lowest BCUT2D eigenvalue weighted by Crippen LogP contribution is -2.30. The number of carbonyl (C=O) groups excluding carboxylic acids is 2. The Kier molecular flexibility index (Phi) is 6.53. The molecule has 3 rings (SSSR count). The van der Waals surface area contributed by atoms with Crippen LogP contribution in [0.25, 0.3) is 11.2 Å². The van der Waals surface area contributed by atoms with E-state index in [1.54, 1.807) is 0 Å². The van der Waals surface area contributed by atoms with Crippen molar-refractivity contribution in [2.24, 2.45) is 0 Å². The molecule has 0 aliphatic carbocycles. The number of hydrogen-bond acceptors (Lipinski definition) is 7. The van der Waals surface area contributed by atoms with E-state index in [0.717, 1.165) is 4.47 Å². The van der Waals surface area contributed by atoms with Crippen LogP contribution in [0, 0.1) is 0 Å². The SMILES string of the molecule is CC(OC(=O)CCCOc1cccc(Br)c1)C(=O)Nc1ncnc2nc[nH]c12. The number of benzene rings is 1. The topological polar surface area (TPSA) is 119 Å². The third-order valence-corrected chi connectivity index (χ3v) is 4.23. The second-order valence-corrected chi connectivity index (χ2v) is 6.77. The summed E-state index contributed by atoms with van der Waals surface area (Å²) >= 11 is 3.36. The molecule has 1 amide bonds. The molecule has 0 aliphatic heterocycles. The van der Waals surface area contributed by atoms with Crippen molar-refractivity contribution in [3.8, 4) is 5.75 Å². The highest BCUT2D eigenvalue weighted by Gasteiger charge is 2.19. The summed E-state index contributed by atoms with van der Waals surface area (Å²) in [6.07, 6.45) is 2.39. The quantitative estimate of drug-likeness (QED) is 0.402. The molecule has 1 aromatic carbocycles. The molecule has 9 nitrogen and oxygen atoms in total. The van der Waals surface area contributed by atoms with E-state index >= 15 is 0 Å². The first-order chi connectivity index (χ1) is 13.5. The first kappa shape index (κ1) is 19.7. The molecule has 0 bridgehead atoms. The number of imidazole rings is 1. The average Bonchev–Trinajstić information content (AvgIpc) is 3.15. The summed E-state index contributed by atoms with van der Waals surface area (Å²) < 4.78 is 11.6. The van der Waals surface area contributed by atoms with Crippen LogP contribution in [0.4, 0.5) is 5.82 Å². The smallest absolute Gasteiger partial charge is 0.306 e. The molecular formula is C18H18BrN5O4. The number of nitrogens with one attached hydrogen (secondary N) is 2. The molecule has 0 aliphatic rings. The van der Waals surface area contributed by atoms with Gasteiger partial charge in [0.2, 0.25) is 0 Å². The largest absolute Gasteiger partial charge is 0.494 e. The Bertz CT molecular complexity index is 977. The summed E-state index contributed by atoms with van der Waals surface area (Å²) in [7, 11) is 0. The van der Waals surface area contributed by atoms with Crippen LogP contribution in [0.15, 0.2) is 41.4 Å². The van der Waals surface area contributed by atoms with E-state index < -0.39 is 18.0 Å². The van der Waals surface area contributed by atoms with Crippen LogP contribution in [0.1, 0.15) is 19.8 Å². The molecule has 0 saturated heterocycles. The van der Waals surface area contributed by atoms with E-state index in [0.29, 0.717) is 29.9 Å². The maximum Gasteiger partial charge on any atom is 0.306 e. The Morgan fingerprint density at radius 3 is 2.96 bits per heavy atom. The third-order valence-electron chi connectivity index (χ3n) is 3.73. The second kappa shape index (κ2) is 9.27. The average molecular weight is 448 g/mol. The fraction of sp³-hybridized carbons (Fsp3) is 0.278. The van der Waals surface area contributed by atoms with Gasteiger partial charge in [0.1, 0.15) is 17.6 Å². The Morgan fingerprint density at radius 1 is 1.29 bits per heavy atom. The fourth-order valence-electron chi connectivity index (χ4n) is 2.35.